The molecule has 3 N–H and O–H groups in total. The van der Waals surface area contributed by atoms with E-state index in [-0.39, 0.29) is 0 Å². The second kappa shape index (κ2) is 15.2. The summed E-state index contributed by atoms with van der Waals surface area (Å²) < 4.78 is 80.5. The molecule has 0 atom stereocenters. The second-order valence-corrected chi connectivity index (χ2v) is 8.60. The Morgan fingerprint density at radius 2 is 1.40 bits per heavy atom. The normalized spacial score (nSPS) is 10.9. The number of carboxylic acids is 2. The number of benzene rings is 2. The Morgan fingerprint density at radius 1 is 0.766 bits per heavy atom. The van der Waals surface area contributed by atoms with Crippen LogP contribution in [0.4, 0.5) is 26.3 Å². The maximum absolute atomic E-state index is 12.2. The van der Waals surface area contributed by atoms with E-state index >= 15 is 0 Å². The molecule has 0 spiro atoms. The molecule has 3 heterocycles. The van der Waals surface area contributed by atoms with Crippen LogP contribution in [0.1, 0.15) is 10.4 Å². The molecule has 0 unspecified atom stereocenters. The number of nitrogens with one attached hydrogen (secondary N) is 1. The van der Waals surface area contributed by atoms with Crippen LogP contribution in [0, 0.1) is 0 Å². The van der Waals surface area contributed by atoms with E-state index < -0.39 is 30.3 Å². The van der Waals surface area contributed by atoms with Crippen LogP contribution in [0.15, 0.2) is 85.3 Å². The fraction of sp³-hybridized carbons (Fsp3) is 0.103. The molecule has 0 aliphatic carbocycles. The molecular formula is C29H20F6N4O8. The van der Waals surface area contributed by atoms with Crippen LogP contribution in [0.2, 0.25) is 0 Å². The Hall–Kier alpha value is -6.20. The first-order valence-electron chi connectivity index (χ1n) is 12.6. The van der Waals surface area contributed by atoms with E-state index in [0.717, 1.165) is 0 Å². The fourth-order valence-electron chi connectivity index (χ4n) is 3.32. The third kappa shape index (κ3) is 10.2. The molecular weight excluding hydrogens is 646 g/mol. The molecule has 246 valence electrons. The molecule has 0 aliphatic rings. The maximum atomic E-state index is 12.2. The predicted octanol–water partition coefficient (Wildman–Crippen LogP) is 6.66. The van der Waals surface area contributed by atoms with Crippen molar-refractivity contribution in [2.45, 2.75) is 12.4 Å². The summed E-state index contributed by atoms with van der Waals surface area (Å²) in [6.45, 7) is 0. The molecule has 0 fully saturated rings. The fourth-order valence-corrected chi connectivity index (χ4v) is 3.32. The number of halogens is 6. The number of hydrogen-bond acceptors (Lipinski definition) is 9. The number of aromatic amines is 1. The number of rotatable bonds is 6. The predicted molar refractivity (Wildman–Crippen MR) is 149 cm³/mol. The molecule has 0 aliphatic heterocycles. The van der Waals surface area contributed by atoms with Crippen molar-refractivity contribution in [1.29, 1.82) is 0 Å². The summed E-state index contributed by atoms with van der Waals surface area (Å²) in [5.41, 5.74) is 2.23. The number of hydrogen-bond donors (Lipinski definition) is 3. The first-order chi connectivity index (χ1) is 22.1. The summed E-state index contributed by atoms with van der Waals surface area (Å²) in [7, 11) is 1.33. The topological polar surface area (TPSA) is 174 Å². The number of ether oxygens (including phenoxy) is 3. The van der Waals surface area contributed by atoms with Gasteiger partial charge in [0.2, 0.25) is 0 Å². The lowest BCUT2D eigenvalue weighted by Crippen LogP contribution is -2.21. The Morgan fingerprint density at radius 3 is 1.96 bits per heavy atom. The van der Waals surface area contributed by atoms with Crippen molar-refractivity contribution in [3.8, 4) is 34.5 Å². The van der Waals surface area contributed by atoms with Gasteiger partial charge in [-0.3, -0.25) is 9.97 Å². The molecule has 5 rings (SSSR count). The zero-order chi connectivity index (χ0) is 34.8. The Bertz CT molecular complexity index is 1810. The third-order valence-corrected chi connectivity index (χ3v) is 5.30. The van der Waals surface area contributed by atoms with Crippen molar-refractivity contribution in [3.05, 3.63) is 90.9 Å². The van der Waals surface area contributed by atoms with Crippen molar-refractivity contribution >= 4 is 28.9 Å². The number of nitrogens with zero attached hydrogens (tertiary/aromatic N) is 3. The van der Waals surface area contributed by atoms with Crippen LogP contribution in [-0.4, -0.2) is 67.5 Å². The first kappa shape index (κ1) is 35.3. The zero-order valence-corrected chi connectivity index (χ0v) is 23.5. The number of aromatic nitrogens is 4. The van der Waals surface area contributed by atoms with Crippen molar-refractivity contribution in [2.24, 2.45) is 0 Å². The molecule has 18 heteroatoms. The van der Waals surface area contributed by atoms with E-state index in [9.17, 15) is 31.1 Å². The lowest BCUT2D eigenvalue weighted by molar-refractivity contribution is -0.193. The van der Waals surface area contributed by atoms with E-state index in [0.29, 0.717) is 51.1 Å². The molecule has 2 aromatic carbocycles. The van der Waals surface area contributed by atoms with Crippen molar-refractivity contribution in [3.63, 3.8) is 0 Å². The van der Waals surface area contributed by atoms with Gasteiger partial charge in [0.05, 0.1) is 18.8 Å². The minimum absolute atomic E-state index is 0.298. The number of esters is 1. The number of imidazole rings is 1. The van der Waals surface area contributed by atoms with Crippen LogP contribution in [0.3, 0.4) is 0 Å². The third-order valence-electron chi connectivity index (χ3n) is 5.30. The van der Waals surface area contributed by atoms with Gasteiger partial charge in [0.15, 0.2) is 11.6 Å². The first-order valence-corrected chi connectivity index (χ1v) is 12.6. The summed E-state index contributed by atoms with van der Waals surface area (Å²) in [5.74, 6) is -3.61. The highest BCUT2D eigenvalue weighted by molar-refractivity contribution is 5.93. The van der Waals surface area contributed by atoms with E-state index in [1.165, 1.54) is 7.11 Å². The smallest absolute Gasteiger partial charge is 0.475 e. The number of H-pyrrole nitrogens is 1. The van der Waals surface area contributed by atoms with Gasteiger partial charge in [-0.05, 0) is 36.4 Å². The molecule has 12 nitrogen and oxygen atoms in total. The minimum Gasteiger partial charge on any atom is -0.475 e. The minimum atomic E-state index is -5.08. The summed E-state index contributed by atoms with van der Waals surface area (Å²) in [5, 5.41) is 14.2. The molecule has 0 saturated heterocycles. The zero-order valence-electron chi connectivity index (χ0n) is 23.5. The van der Waals surface area contributed by atoms with Gasteiger partial charge in [-0.2, -0.15) is 26.3 Å². The lowest BCUT2D eigenvalue weighted by Gasteiger charge is -2.12. The molecule has 0 saturated carbocycles. The van der Waals surface area contributed by atoms with Crippen molar-refractivity contribution in [1.82, 2.24) is 19.9 Å². The van der Waals surface area contributed by atoms with E-state index in [4.69, 9.17) is 39.0 Å². The summed E-state index contributed by atoms with van der Waals surface area (Å²) >= 11 is 0. The van der Waals surface area contributed by atoms with Crippen LogP contribution in [0.25, 0.3) is 22.6 Å². The van der Waals surface area contributed by atoms with Gasteiger partial charge >= 0.3 is 30.3 Å². The van der Waals surface area contributed by atoms with Gasteiger partial charge in [0.1, 0.15) is 34.0 Å². The van der Waals surface area contributed by atoms with Crippen LogP contribution < -0.4 is 9.47 Å². The van der Waals surface area contributed by atoms with Crippen LogP contribution >= 0.6 is 0 Å². The number of carboxylic acid groups (broad SMARTS) is 2. The highest BCUT2D eigenvalue weighted by Gasteiger charge is 2.38. The number of carbonyl (C=O) groups is 3. The van der Waals surface area contributed by atoms with E-state index in [1.807, 2.05) is 24.3 Å². The van der Waals surface area contributed by atoms with Crippen LogP contribution in [-0.2, 0) is 14.3 Å². The number of fused-ring (bicyclic) bond motifs is 1. The number of aliphatic carboxylic acids is 2. The molecule has 47 heavy (non-hydrogen) atoms. The number of methoxy groups -OCH3 is 1. The summed E-state index contributed by atoms with van der Waals surface area (Å²) in [4.78, 5) is 46.4. The molecule has 5 aromatic rings. The Balaban J connectivity index is 0.000000360. The van der Waals surface area contributed by atoms with E-state index in [2.05, 4.69) is 15.0 Å². The van der Waals surface area contributed by atoms with Gasteiger partial charge < -0.3 is 29.4 Å². The summed E-state index contributed by atoms with van der Waals surface area (Å²) in [6.07, 6.45) is -5.19. The molecule has 0 radical (unpaired) electrons. The number of alkyl halides is 6. The van der Waals surface area contributed by atoms with Crippen molar-refractivity contribution in [2.75, 3.05) is 7.11 Å². The lowest BCUT2D eigenvalue weighted by atomic mass is 10.2. The Kier molecular flexibility index (Phi) is 11.4. The van der Waals surface area contributed by atoms with Gasteiger partial charge in [-0.15, -0.1) is 0 Å². The molecule has 3 aromatic heterocycles. The monoisotopic (exact) mass is 666 g/mol. The highest BCUT2D eigenvalue weighted by atomic mass is 19.4. The average molecular weight is 666 g/mol. The number of para-hydroxylation sites is 1. The largest absolute Gasteiger partial charge is 0.490 e. The van der Waals surface area contributed by atoms with E-state index in [1.54, 1.807) is 61.1 Å². The van der Waals surface area contributed by atoms with Gasteiger partial charge in [-0.25, -0.2) is 19.4 Å². The van der Waals surface area contributed by atoms with Gasteiger partial charge in [0, 0.05) is 24.5 Å². The molecule has 0 amide bonds. The average Bonchev–Trinajstić information content (AvgIpc) is 3.46. The maximum Gasteiger partial charge on any atom is 0.490 e. The van der Waals surface area contributed by atoms with Gasteiger partial charge in [-0.1, -0.05) is 18.2 Å². The van der Waals surface area contributed by atoms with Crippen molar-refractivity contribution < 1.29 is 65.1 Å². The summed E-state index contributed by atoms with van der Waals surface area (Å²) in [6, 6.07) is 19.6. The SMILES string of the molecule is COC(=O)c1ccccc1Oc1cc(Oc2cccnc2)cc2[nH]c(-c3ccccn3)nc12.O=C(O)C(F)(F)F.O=C(O)C(F)(F)F. The Labute approximate surface area is 259 Å². The molecule has 0 bridgehead atoms. The van der Waals surface area contributed by atoms with Gasteiger partial charge in [0.25, 0.3) is 0 Å². The standard InChI is InChI=1S/C25H18N4O4.2C2HF3O2/c1-31-25(30)18-8-2-3-10-21(18)33-22-14-17(32-16-7-6-11-26-15-16)13-20-23(22)29-24(28-20)19-9-4-5-12-27-19;2*3-2(4,5)1(6)7/h2-15H,1H3,(H,28,29);2*(H,6,7). The number of pyridine rings is 2. The highest BCUT2D eigenvalue weighted by Crippen LogP contribution is 2.37. The second-order valence-electron chi connectivity index (χ2n) is 8.60. The van der Waals surface area contributed by atoms with Crippen LogP contribution in [0.5, 0.6) is 23.0 Å². The number of carbonyl (C=O) groups excluding carboxylic acids is 1. The quantitative estimate of drug-likeness (QED) is 0.131.